The quantitative estimate of drug-likeness (QED) is 0.311. The molecule has 2 rings (SSSR count). The van der Waals surface area contributed by atoms with Gasteiger partial charge < -0.3 is 20.5 Å². The zero-order chi connectivity index (χ0) is 24.5. The van der Waals surface area contributed by atoms with Crippen molar-refractivity contribution in [3.8, 4) is 0 Å². The van der Waals surface area contributed by atoms with Crippen molar-refractivity contribution in [2.45, 2.75) is 13.0 Å². The number of carbonyl (C=O) groups is 3. The number of morpholine rings is 1. The van der Waals surface area contributed by atoms with E-state index in [0.29, 0.717) is 37.6 Å². The molecule has 9 nitrogen and oxygen atoms in total. The third kappa shape index (κ3) is 6.50. The van der Waals surface area contributed by atoms with E-state index in [1.807, 2.05) is 4.90 Å². The minimum atomic E-state index is -1.34. The maximum absolute atomic E-state index is 14.8. The van der Waals surface area contributed by atoms with Crippen LogP contribution in [0.3, 0.4) is 0 Å². The lowest BCUT2D eigenvalue weighted by atomic mass is 10.1. The minimum absolute atomic E-state index is 0.134. The second kappa shape index (κ2) is 11.9. The molecule has 0 aliphatic carbocycles. The van der Waals surface area contributed by atoms with Crippen molar-refractivity contribution in [3.05, 3.63) is 60.5 Å². The molecule has 0 bridgehead atoms. The van der Waals surface area contributed by atoms with E-state index in [-0.39, 0.29) is 24.2 Å². The third-order valence-electron chi connectivity index (χ3n) is 5.22. The highest BCUT2D eigenvalue weighted by Gasteiger charge is 2.25. The van der Waals surface area contributed by atoms with Gasteiger partial charge in [-0.3, -0.25) is 19.4 Å². The number of aliphatic hydroxyl groups is 1. The Hall–Kier alpha value is -3.50. The number of hydrogen-bond acceptors (Lipinski definition) is 6. The van der Waals surface area contributed by atoms with E-state index in [4.69, 9.17) is 10.5 Å². The number of hydrogen-bond donors (Lipinski definition) is 2. The van der Waals surface area contributed by atoms with Gasteiger partial charge in [0.05, 0.1) is 38.1 Å². The summed E-state index contributed by atoms with van der Waals surface area (Å²) in [5.41, 5.74) is 6.60. The second-order valence-corrected chi connectivity index (χ2v) is 7.41. The number of rotatable bonds is 10. The standard InChI is InChI=1S/C23H29FN4O5/c1-4-16(3)19(5-2)22(31)27(15-29)13-18(30)14-28(23(25)32)17-6-7-21(20(24)12-17)26-8-10-33-11-9-26/h4-7,12,15,18,30H,1-2,8-11,13-14H2,3H3,(H2,25,32)/b19-16+. The molecule has 1 aromatic rings. The highest BCUT2D eigenvalue weighted by atomic mass is 19.1. The fraction of sp³-hybridized carbons (Fsp3) is 0.348. The summed E-state index contributed by atoms with van der Waals surface area (Å²) in [6.07, 6.45) is 1.66. The van der Waals surface area contributed by atoms with E-state index >= 15 is 0 Å². The summed E-state index contributed by atoms with van der Waals surface area (Å²) in [6, 6.07) is 3.26. The van der Waals surface area contributed by atoms with Gasteiger partial charge in [0.1, 0.15) is 5.82 Å². The second-order valence-electron chi connectivity index (χ2n) is 7.41. The molecule has 1 saturated heterocycles. The first-order chi connectivity index (χ1) is 15.7. The van der Waals surface area contributed by atoms with Crippen LogP contribution in [0.4, 0.5) is 20.6 Å². The molecule has 0 spiro atoms. The van der Waals surface area contributed by atoms with Gasteiger partial charge in [-0.2, -0.15) is 0 Å². The molecule has 1 aliphatic rings. The topological polar surface area (TPSA) is 116 Å². The monoisotopic (exact) mass is 460 g/mol. The largest absolute Gasteiger partial charge is 0.389 e. The van der Waals surface area contributed by atoms with Crippen molar-refractivity contribution >= 4 is 29.7 Å². The third-order valence-corrected chi connectivity index (χ3v) is 5.22. The minimum Gasteiger partial charge on any atom is -0.389 e. The molecule has 1 fully saturated rings. The molecule has 1 aliphatic heterocycles. The molecule has 33 heavy (non-hydrogen) atoms. The molecule has 1 aromatic carbocycles. The summed E-state index contributed by atoms with van der Waals surface area (Å²) >= 11 is 0. The zero-order valence-electron chi connectivity index (χ0n) is 18.6. The lowest BCUT2D eigenvalue weighted by Crippen LogP contribution is -2.46. The van der Waals surface area contributed by atoms with E-state index in [1.54, 1.807) is 6.92 Å². The number of allylic oxidation sites excluding steroid dienone is 2. The van der Waals surface area contributed by atoms with E-state index < -0.39 is 30.4 Å². The Morgan fingerprint density at radius 3 is 2.45 bits per heavy atom. The van der Waals surface area contributed by atoms with Crippen LogP contribution in [-0.4, -0.2) is 73.9 Å². The molecule has 1 atom stereocenters. The molecule has 0 saturated carbocycles. The number of benzene rings is 1. The van der Waals surface area contributed by atoms with Crippen molar-refractivity contribution in [1.82, 2.24) is 4.90 Å². The normalized spacial score (nSPS) is 15.2. The Balaban J connectivity index is 2.16. The van der Waals surface area contributed by atoms with Crippen molar-refractivity contribution in [1.29, 1.82) is 0 Å². The number of nitrogens with zero attached hydrogens (tertiary/aromatic N) is 3. The molecule has 0 aromatic heterocycles. The average molecular weight is 461 g/mol. The number of amides is 4. The van der Waals surface area contributed by atoms with E-state index in [2.05, 4.69) is 13.2 Å². The van der Waals surface area contributed by atoms with Crippen LogP contribution in [0.2, 0.25) is 0 Å². The number of anilines is 2. The molecule has 3 N–H and O–H groups in total. The molecule has 178 valence electrons. The Kier molecular flexibility index (Phi) is 9.31. The molecular formula is C23H29FN4O5. The van der Waals surface area contributed by atoms with Crippen molar-refractivity contribution in [2.75, 3.05) is 49.2 Å². The first-order valence-corrected chi connectivity index (χ1v) is 10.3. The number of ether oxygens (including phenoxy) is 1. The molecule has 4 amide bonds. The molecule has 10 heteroatoms. The van der Waals surface area contributed by atoms with Crippen LogP contribution in [0.15, 0.2) is 54.7 Å². The average Bonchev–Trinajstić information content (AvgIpc) is 2.81. The lowest BCUT2D eigenvalue weighted by Gasteiger charge is -2.30. The van der Waals surface area contributed by atoms with Crippen molar-refractivity contribution in [2.24, 2.45) is 5.73 Å². The van der Waals surface area contributed by atoms with Crippen LogP contribution >= 0.6 is 0 Å². The van der Waals surface area contributed by atoms with Gasteiger partial charge in [0.2, 0.25) is 6.41 Å². The van der Waals surface area contributed by atoms with Crippen molar-refractivity contribution < 1.29 is 28.6 Å². The fourth-order valence-corrected chi connectivity index (χ4v) is 3.40. The van der Waals surface area contributed by atoms with Gasteiger partial charge in [0.15, 0.2) is 0 Å². The Morgan fingerprint density at radius 1 is 1.27 bits per heavy atom. The smallest absolute Gasteiger partial charge is 0.319 e. The number of aliphatic hydroxyl groups excluding tert-OH is 1. The van der Waals surface area contributed by atoms with E-state index in [9.17, 15) is 23.9 Å². The summed E-state index contributed by atoms with van der Waals surface area (Å²) in [5.74, 6) is -1.23. The Labute approximate surface area is 192 Å². The van der Waals surface area contributed by atoms with Gasteiger partial charge in [0.25, 0.3) is 5.91 Å². The summed E-state index contributed by atoms with van der Waals surface area (Å²) in [5, 5.41) is 10.5. The van der Waals surface area contributed by atoms with Gasteiger partial charge in [0, 0.05) is 24.4 Å². The number of carbonyl (C=O) groups excluding carboxylic acids is 3. The highest BCUT2D eigenvalue weighted by Crippen LogP contribution is 2.26. The van der Waals surface area contributed by atoms with Gasteiger partial charge >= 0.3 is 6.03 Å². The van der Waals surface area contributed by atoms with Crippen LogP contribution in [0.5, 0.6) is 0 Å². The Morgan fingerprint density at radius 2 is 1.94 bits per heavy atom. The molecule has 1 unspecified atom stereocenters. The van der Waals surface area contributed by atoms with Gasteiger partial charge in [-0.1, -0.05) is 25.3 Å². The number of nitrogens with two attached hydrogens (primary N) is 1. The van der Waals surface area contributed by atoms with Crippen LogP contribution in [-0.2, 0) is 14.3 Å². The number of imide groups is 1. The van der Waals surface area contributed by atoms with Gasteiger partial charge in [-0.05, 0) is 30.7 Å². The first-order valence-electron chi connectivity index (χ1n) is 10.3. The van der Waals surface area contributed by atoms with E-state index in [1.165, 1.54) is 24.3 Å². The molecule has 1 heterocycles. The molecule has 0 radical (unpaired) electrons. The Bertz CT molecular complexity index is 943. The number of primary amides is 1. The summed E-state index contributed by atoms with van der Waals surface area (Å²) in [7, 11) is 0. The number of halogens is 1. The van der Waals surface area contributed by atoms with Crippen LogP contribution in [0.25, 0.3) is 0 Å². The zero-order valence-corrected chi connectivity index (χ0v) is 18.6. The van der Waals surface area contributed by atoms with Crippen LogP contribution in [0.1, 0.15) is 6.92 Å². The molecular weight excluding hydrogens is 431 g/mol. The predicted octanol–water partition coefficient (Wildman–Crippen LogP) is 1.58. The van der Waals surface area contributed by atoms with E-state index in [0.717, 1.165) is 15.9 Å². The SMILES string of the molecule is C=C/C(C)=C(\C=C)C(=O)N(C=O)CC(O)CN(C(N)=O)c1ccc(N2CCOCC2)c(F)c1. The van der Waals surface area contributed by atoms with Gasteiger partial charge in [-0.25, -0.2) is 9.18 Å². The first kappa shape index (κ1) is 25.8. The van der Waals surface area contributed by atoms with Gasteiger partial charge in [-0.15, -0.1) is 0 Å². The van der Waals surface area contributed by atoms with Crippen molar-refractivity contribution in [3.63, 3.8) is 0 Å². The maximum atomic E-state index is 14.8. The van der Waals surface area contributed by atoms with Crippen LogP contribution < -0.4 is 15.5 Å². The highest BCUT2D eigenvalue weighted by molar-refractivity contribution is 6.02. The maximum Gasteiger partial charge on any atom is 0.319 e. The lowest BCUT2D eigenvalue weighted by molar-refractivity contribution is -0.136. The summed E-state index contributed by atoms with van der Waals surface area (Å²) < 4.78 is 20.0. The number of urea groups is 1. The summed E-state index contributed by atoms with van der Waals surface area (Å²) in [6.45, 7) is 10.0. The fourth-order valence-electron chi connectivity index (χ4n) is 3.40. The predicted molar refractivity (Wildman–Crippen MR) is 123 cm³/mol. The summed E-state index contributed by atoms with van der Waals surface area (Å²) in [4.78, 5) is 39.7. The van der Waals surface area contributed by atoms with Crippen LogP contribution in [0, 0.1) is 5.82 Å².